The van der Waals surface area contributed by atoms with Crippen molar-refractivity contribution in [3.8, 4) is 11.5 Å². The Bertz CT molecular complexity index is 919. The van der Waals surface area contributed by atoms with Gasteiger partial charge in [0, 0.05) is 11.8 Å². The smallest absolute Gasteiger partial charge is 0.271 e. The summed E-state index contributed by atoms with van der Waals surface area (Å²) in [5.74, 6) is -0.0136. The zero-order chi connectivity index (χ0) is 19.5. The molecule has 0 radical (unpaired) electrons. The first kappa shape index (κ1) is 20.3. The number of rotatable bonds is 7. The predicted octanol–water partition coefficient (Wildman–Crippen LogP) is 3.38. The second kappa shape index (κ2) is 7.71. The number of carbonyl (C=O) groups excluding carboxylic acids is 1. The number of anilines is 1. The maximum atomic E-state index is 11.6. The maximum absolute atomic E-state index is 11.6. The average molecular weight is 419 g/mol. The highest BCUT2D eigenvalue weighted by molar-refractivity contribution is 7.86. The van der Waals surface area contributed by atoms with Gasteiger partial charge in [0.15, 0.2) is 0 Å². The van der Waals surface area contributed by atoms with Crippen LogP contribution in [0.2, 0.25) is 10.0 Å². The van der Waals surface area contributed by atoms with Crippen molar-refractivity contribution in [2.45, 2.75) is 12.6 Å². The number of benzene rings is 2. The lowest BCUT2D eigenvalue weighted by atomic mass is 10.2. The zero-order valence-electron chi connectivity index (χ0n) is 13.8. The lowest BCUT2D eigenvalue weighted by Crippen LogP contribution is -2.51. The second-order valence-corrected chi connectivity index (χ2v) is 7.90. The number of amides is 1. The van der Waals surface area contributed by atoms with Gasteiger partial charge in [0.2, 0.25) is 5.72 Å². The molecule has 2 rings (SSSR count). The summed E-state index contributed by atoms with van der Waals surface area (Å²) < 4.78 is 33.1. The molecule has 0 spiro atoms. The Kier molecular flexibility index (Phi) is 6.02. The molecule has 26 heavy (non-hydrogen) atoms. The molecule has 0 saturated heterocycles. The third kappa shape index (κ3) is 5.50. The number of halogens is 2. The van der Waals surface area contributed by atoms with E-state index < -0.39 is 21.8 Å². The van der Waals surface area contributed by atoms with Crippen LogP contribution in [-0.4, -0.2) is 26.3 Å². The molecule has 10 heteroatoms. The number of nitrogens with two attached hydrogens (primary N) is 1. The summed E-state index contributed by atoms with van der Waals surface area (Å²) >= 11 is 11.8. The normalized spacial score (nSPS) is 13.7. The summed E-state index contributed by atoms with van der Waals surface area (Å²) in [5.41, 5.74) is 3.71. The van der Waals surface area contributed by atoms with E-state index in [1.807, 2.05) is 0 Å². The molecule has 7 nitrogen and oxygen atoms in total. The van der Waals surface area contributed by atoms with Gasteiger partial charge in [-0.1, -0.05) is 23.2 Å². The first-order valence-corrected chi connectivity index (χ1v) is 9.77. The molecule has 0 aliphatic rings. The minimum absolute atomic E-state index is 0.359. The highest BCUT2D eigenvalue weighted by atomic mass is 35.5. The first-order valence-electron chi connectivity index (χ1n) is 7.20. The Balaban J connectivity index is 2.15. The summed E-state index contributed by atoms with van der Waals surface area (Å²) in [6.45, 7) is 1.22. The van der Waals surface area contributed by atoms with E-state index in [-0.39, 0.29) is 0 Å². The fraction of sp³-hybridized carbons (Fsp3) is 0.188. The van der Waals surface area contributed by atoms with E-state index in [9.17, 15) is 13.2 Å². The van der Waals surface area contributed by atoms with E-state index in [2.05, 4.69) is 5.32 Å². The van der Waals surface area contributed by atoms with Gasteiger partial charge in [-0.3, -0.25) is 4.79 Å². The van der Waals surface area contributed by atoms with E-state index in [1.165, 1.54) is 6.92 Å². The van der Waals surface area contributed by atoms with Crippen LogP contribution in [0, 0.1) is 0 Å². The van der Waals surface area contributed by atoms with E-state index >= 15 is 0 Å². The van der Waals surface area contributed by atoms with Crippen molar-refractivity contribution in [1.29, 1.82) is 0 Å². The molecule has 3 N–H and O–H groups in total. The van der Waals surface area contributed by atoms with Gasteiger partial charge in [-0.25, -0.2) is 4.18 Å². The van der Waals surface area contributed by atoms with Gasteiger partial charge in [0.1, 0.15) is 11.5 Å². The number of primary amides is 1. The third-order valence-corrected chi connectivity index (χ3v) is 4.53. The Labute approximate surface area is 161 Å². The van der Waals surface area contributed by atoms with Gasteiger partial charge in [-0.05, 0) is 43.3 Å². The standard InChI is InChI=1S/C16H16Cl2N2O5S/c1-16(15(19)21,25-26(2,22)23)20-10-3-5-11(6-4-10)24-12-7-8-13(17)14(18)9-12/h3-9,20H,1-2H3,(H2,19,21). The summed E-state index contributed by atoms with van der Waals surface area (Å²) in [4.78, 5) is 11.6. The summed E-state index contributed by atoms with van der Waals surface area (Å²) in [5, 5.41) is 3.42. The van der Waals surface area contributed by atoms with E-state index in [1.54, 1.807) is 42.5 Å². The monoisotopic (exact) mass is 418 g/mol. The largest absolute Gasteiger partial charge is 0.457 e. The highest BCUT2D eigenvalue weighted by Crippen LogP contribution is 2.30. The van der Waals surface area contributed by atoms with Crippen LogP contribution in [0.15, 0.2) is 42.5 Å². The van der Waals surface area contributed by atoms with Gasteiger partial charge >= 0.3 is 0 Å². The Hall–Kier alpha value is -2.00. The quantitative estimate of drug-likeness (QED) is 0.526. The van der Waals surface area contributed by atoms with Gasteiger partial charge in [-0.15, -0.1) is 0 Å². The number of nitrogens with one attached hydrogen (secondary N) is 1. The van der Waals surface area contributed by atoms with E-state index in [4.69, 9.17) is 37.9 Å². The van der Waals surface area contributed by atoms with E-state index in [0.29, 0.717) is 27.2 Å². The van der Waals surface area contributed by atoms with Crippen molar-refractivity contribution in [1.82, 2.24) is 0 Å². The molecule has 0 heterocycles. The first-order chi connectivity index (χ1) is 12.0. The van der Waals surface area contributed by atoms with Crippen molar-refractivity contribution in [3.05, 3.63) is 52.5 Å². The van der Waals surface area contributed by atoms with Crippen LogP contribution in [0.5, 0.6) is 11.5 Å². The molecule has 1 atom stereocenters. The molecule has 2 aromatic rings. The second-order valence-electron chi connectivity index (χ2n) is 5.51. The molecule has 0 bridgehead atoms. The van der Waals surface area contributed by atoms with Crippen LogP contribution in [0.1, 0.15) is 6.92 Å². The molecule has 1 amide bonds. The number of hydrogen-bond donors (Lipinski definition) is 2. The Morgan fingerprint density at radius 3 is 2.15 bits per heavy atom. The Morgan fingerprint density at radius 2 is 1.65 bits per heavy atom. The van der Waals surface area contributed by atoms with Crippen LogP contribution in [0.3, 0.4) is 0 Å². The van der Waals surface area contributed by atoms with Gasteiger partial charge < -0.3 is 15.8 Å². The van der Waals surface area contributed by atoms with Crippen LogP contribution in [-0.2, 0) is 19.1 Å². The van der Waals surface area contributed by atoms with Crippen LogP contribution in [0.4, 0.5) is 5.69 Å². The summed E-state index contributed by atoms with van der Waals surface area (Å²) in [6, 6.07) is 11.2. The zero-order valence-corrected chi connectivity index (χ0v) is 16.2. The fourth-order valence-corrected chi connectivity index (χ4v) is 3.00. The molecular weight excluding hydrogens is 403 g/mol. The predicted molar refractivity (Wildman–Crippen MR) is 100 cm³/mol. The van der Waals surface area contributed by atoms with E-state index in [0.717, 1.165) is 6.26 Å². The molecule has 0 fully saturated rings. The fourth-order valence-electron chi connectivity index (χ4n) is 1.98. The van der Waals surface area contributed by atoms with Crippen LogP contribution < -0.4 is 15.8 Å². The van der Waals surface area contributed by atoms with Gasteiger partial charge in [-0.2, -0.15) is 8.42 Å². The SMILES string of the molecule is CC(Nc1ccc(Oc2ccc(Cl)c(Cl)c2)cc1)(OS(C)(=O)=O)C(N)=O. The lowest BCUT2D eigenvalue weighted by Gasteiger charge is -2.27. The molecule has 0 saturated carbocycles. The molecule has 140 valence electrons. The molecular formula is C16H16Cl2N2O5S. The Morgan fingerprint density at radius 1 is 1.08 bits per heavy atom. The van der Waals surface area contributed by atoms with Gasteiger partial charge in [0.25, 0.3) is 16.0 Å². The average Bonchev–Trinajstić information content (AvgIpc) is 2.51. The molecule has 0 aromatic heterocycles. The van der Waals surface area contributed by atoms with Crippen molar-refractivity contribution in [2.75, 3.05) is 11.6 Å². The van der Waals surface area contributed by atoms with Crippen molar-refractivity contribution in [2.24, 2.45) is 5.73 Å². The minimum atomic E-state index is -3.91. The van der Waals surface area contributed by atoms with Crippen molar-refractivity contribution >= 4 is 44.9 Å². The molecule has 0 aliphatic heterocycles. The third-order valence-electron chi connectivity index (χ3n) is 3.15. The summed E-state index contributed by atoms with van der Waals surface area (Å²) in [6.07, 6.45) is 0.823. The van der Waals surface area contributed by atoms with Crippen molar-refractivity contribution < 1.29 is 22.1 Å². The number of carbonyl (C=O) groups is 1. The van der Waals surface area contributed by atoms with Crippen molar-refractivity contribution in [3.63, 3.8) is 0 Å². The summed E-state index contributed by atoms with van der Waals surface area (Å²) in [7, 11) is -3.91. The molecule has 1 unspecified atom stereocenters. The topological polar surface area (TPSA) is 108 Å². The molecule has 2 aromatic carbocycles. The minimum Gasteiger partial charge on any atom is -0.457 e. The highest BCUT2D eigenvalue weighted by Gasteiger charge is 2.36. The van der Waals surface area contributed by atoms with Crippen LogP contribution in [0.25, 0.3) is 0 Å². The van der Waals surface area contributed by atoms with Crippen LogP contribution >= 0.6 is 23.2 Å². The lowest BCUT2D eigenvalue weighted by molar-refractivity contribution is -0.129. The molecule has 0 aliphatic carbocycles. The number of hydrogen-bond acceptors (Lipinski definition) is 6. The number of ether oxygens (including phenoxy) is 1. The van der Waals surface area contributed by atoms with Gasteiger partial charge in [0.05, 0.1) is 16.3 Å². The maximum Gasteiger partial charge on any atom is 0.271 e.